The molecule has 0 bridgehead atoms. The fourth-order valence-corrected chi connectivity index (χ4v) is 1.66. The number of rotatable bonds is 3. The average Bonchev–Trinajstić information content (AvgIpc) is 2.62. The predicted molar refractivity (Wildman–Crippen MR) is 63.7 cm³/mol. The summed E-state index contributed by atoms with van der Waals surface area (Å²) < 4.78 is 15.8. The molecule has 5 heteroatoms. The van der Waals surface area contributed by atoms with E-state index in [1.807, 2.05) is 19.1 Å². The number of methoxy groups -OCH3 is 1. The number of hydrogen-bond donors (Lipinski definition) is 1. The predicted octanol–water partition coefficient (Wildman–Crippen LogP) is 1.74. The maximum atomic E-state index is 5.77. The van der Waals surface area contributed by atoms with E-state index < -0.39 is 0 Å². The maximum absolute atomic E-state index is 5.77. The zero-order chi connectivity index (χ0) is 10.8. The van der Waals surface area contributed by atoms with Gasteiger partial charge >= 0.3 is 0 Å². The van der Waals surface area contributed by atoms with Crippen LogP contribution in [0.15, 0.2) is 12.1 Å². The first-order valence-corrected chi connectivity index (χ1v) is 4.93. The van der Waals surface area contributed by atoms with E-state index in [1.165, 1.54) is 0 Å². The van der Waals surface area contributed by atoms with Crippen LogP contribution in [0.25, 0.3) is 0 Å². The average molecular weight is 246 g/mol. The summed E-state index contributed by atoms with van der Waals surface area (Å²) in [5.74, 6) is 2.31. The van der Waals surface area contributed by atoms with Crippen molar-refractivity contribution in [3.05, 3.63) is 17.7 Å². The van der Waals surface area contributed by atoms with Crippen LogP contribution in [0.1, 0.15) is 12.5 Å². The lowest BCUT2D eigenvalue weighted by Gasteiger charge is -2.11. The molecule has 0 aliphatic carbocycles. The van der Waals surface area contributed by atoms with Crippen LogP contribution in [0.3, 0.4) is 0 Å². The third-order valence-corrected chi connectivity index (χ3v) is 2.32. The first-order valence-electron chi connectivity index (χ1n) is 4.93. The molecule has 0 spiro atoms. The van der Waals surface area contributed by atoms with Gasteiger partial charge in [0.15, 0.2) is 11.5 Å². The molecule has 0 aromatic heterocycles. The van der Waals surface area contributed by atoms with Crippen molar-refractivity contribution in [3.63, 3.8) is 0 Å². The van der Waals surface area contributed by atoms with Crippen molar-refractivity contribution in [2.75, 3.05) is 13.9 Å². The van der Waals surface area contributed by atoms with Gasteiger partial charge in [0.05, 0.1) is 7.11 Å². The van der Waals surface area contributed by atoms with Crippen molar-refractivity contribution in [1.82, 2.24) is 0 Å². The Morgan fingerprint density at radius 2 is 2.00 bits per heavy atom. The minimum atomic E-state index is 0. The molecule has 90 valence electrons. The van der Waals surface area contributed by atoms with E-state index in [0.29, 0.717) is 0 Å². The Bertz CT molecular complexity index is 368. The van der Waals surface area contributed by atoms with Crippen LogP contribution < -0.4 is 19.9 Å². The molecule has 1 unspecified atom stereocenters. The Balaban J connectivity index is 0.00000128. The smallest absolute Gasteiger partial charge is 0.231 e. The SMILES string of the molecule is COc1cc2c(cc1CC(C)N)OCO2.Cl. The molecule has 1 atom stereocenters. The zero-order valence-corrected chi connectivity index (χ0v) is 10.2. The molecule has 1 aromatic carbocycles. The van der Waals surface area contributed by atoms with Crippen molar-refractivity contribution in [2.24, 2.45) is 5.73 Å². The van der Waals surface area contributed by atoms with Crippen molar-refractivity contribution >= 4 is 12.4 Å². The van der Waals surface area contributed by atoms with E-state index in [1.54, 1.807) is 7.11 Å². The van der Waals surface area contributed by atoms with Crippen LogP contribution in [0, 0.1) is 0 Å². The Labute approximate surface area is 101 Å². The molecule has 1 aliphatic rings. The number of hydrogen-bond acceptors (Lipinski definition) is 4. The van der Waals surface area contributed by atoms with Crippen LogP contribution >= 0.6 is 12.4 Å². The quantitative estimate of drug-likeness (QED) is 0.881. The van der Waals surface area contributed by atoms with E-state index in [-0.39, 0.29) is 25.2 Å². The van der Waals surface area contributed by atoms with Crippen molar-refractivity contribution in [1.29, 1.82) is 0 Å². The zero-order valence-electron chi connectivity index (χ0n) is 9.36. The van der Waals surface area contributed by atoms with Crippen LogP contribution in [0.5, 0.6) is 17.2 Å². The van der Waals surface area contributed by atoms with Crippen LogP contribution in [0.2, 0.25) is 0 Å². The highest BCUT2D eigenvalue weighted by Gasteiger charge is 2.18. The van der Waals surface area contributed by atoms with Crippen LogP contribution in [-0.2, 0) is 6.42 Å². The standard InChI is InChI=1S/C11H15NO3.ClH/c1-7(12)3-8-4-10-11(15-6-14-10)5-9(8)13-2;/h4-5,7H,3,6,12H2,1-2H3;1H. The van der Waals surface area contributed by atoms with Crippen molar-refractivity contribution in [2.45, 2.75) is 19.4 Å². The monoisotopic (exact) mass is 245 g/mol. The largest absolute Gasteiger partial charge is 0.496 e. The highest BCUT2D eigenvalue weighted by molar-refractivity contribution is 5.85. The van der Waals surface area contributed by atoms with Crippen molar-refractivity contribution < 1.29 is 14.2 Å². The highest BCUT2D eigenvalue weighted by atomic mass is 35.5. The number of ether oxygens (including phenoxy) is 3. The minimum Gasteiger partial charge on any atom is -0.496 e. The number of halogens is 1. The van der Waals surface area contributed by atoms with Gasteiger partial charge in [-0.05, 0) is 25.0 Å². The molecule has 0 saturated heterocycles. The summed E-state index contributed by atoms with van der Waals surface area (Å²) in [7, 11) is 1.64. The summed E-state index contributed by atoms with van der Waals surface area (Å²) in [5.41, 5.74) is 6.82. The molecule has 0 amide bonds. The molecular weight excluding hydrogens is 230 g/mol. The van der Waals surface area contributed by atoms with E-state index in [0.717, 1.165) is 29.2 Å². The highest BCUT2D eigenvalue weighted by Crippen LogP contribution is 2.38. The molecule has 16 heavy (non-hydrogen) atoms. The van der Waals surface area contributed by atoms with Gasteiger partial charge in [-0.25, -0.2) is 0 Å². The molecule has 1 heterocycles. The van der Waals surface area contributed by atoms with Gasteiger partial charge in [-0.15, -0.1) is 12.4 Å². The van der Waals surface area contributed by atoms with Gasteiger partial charge in [0.2, 0.25) is 6.79 Å². The van der Waals surface area contributed by atoms with E-state index in [9.17, 15) is 0 Å². The second-order valence-corrected chi connectivity index (χ2v) is 3.70. The minimum absolute atomic E-state index is 0. The Morgan fingerprint density at radius 1 is 1.38 bits per heavy atom. The topological polar surface area (TPSA) is 53.7 Å². The number of benzene rings is 1. The second-order valence-electron chi connectivity index (χ2n) is 3.70. The maximum Gasteiger partial charge on any atom is 0.231 e. The van der Waals surface area contributed by atoms with Gasteiger partial charge in [-0.3, -0.25) is 0 Å². The van der Waals surface area contributed by atoms with Gasteiger partial charge in [-0.2, -0.15) is 0 Å². The van der Waals surface area contributed by atoms with E-state index >= 15 is 0 Å². The lowest BCUT2D eigenvalue weighted by molar-refractivity contribution is 0.174. The third-order valence-electron chi connectivity index (χ3n) is 2.32. The van der Waals surface area contributed by atoms with E-state index in [4.69, 9.17) is 19.9 Å². The molecule has 0 radical (unpaired) electrons. The van der Waals surface area contributed by atoms with E-state index in [2.05, 4.69) is 0 Å². The second kappa shape index (κ2) is 5.27. The molecule has 4 nitrogen and oxygen atoms in total. The summed E-state index contributed by atoms with van der Waals surface area (Å²) in [6.45, 7) is 2.24. The van der Waals surface area contributed by atoms with Gasteiger partial charge < -0.3 is 19.9 Å². The van der Waals surface area contributed by atoms with Crippen molar-refractivity contribution in [3.8, 4) is 17.2 Å². The Kier molecular flexibility index (Phi) is 4.26. The molecule has 0 saturated carbocycles. The lowest BCUT2D eigenvalue weighted by atomic mass is 10.1. The Morgan fingerprint density at radius 3 is 2.56 bits per heavy atom. The van der Waals surface area contributed by atoms with Gasteiger partial charge in [0, 0.05) is 12.1 Å². The van der Waals surface area contributed by atoms with Crippen LogP contribution in [-0.4, -0.2) is 19.9 Å². The first-order chi connectivity index (χ1) is 7.20. The molecule has 1 aromatic rings. The molecular formula is C11H16ClNO3. The molecule has 1 aliphatic heterocycles. The van der Waals surface area contributed by atoms with Gasteiger partial charge in [-0.1, -0.05) is 0 Å². The van der Waals surface area contributed by atoms with Gasteiger partial charge in [0.1, 0.15) is 5.75 Å². The van der Waals surface area contributed by atoms with Crippen LogP contribution in [0.4, 0.5) is 0 Å². The summed E-state index contributed by atoms with van der Waals surface area (Å²) in [6, 6.07) is 3.88. The number of fused-ring (bicyclic) bond motifs is 1. The molecule has 0 fully saturated rings. The Hall–Kier alpha value is -1.13. The fourth-order valence-electron chi connectivity index (χ4n) is 1.66. The lowest BCUT2D eigenvalue weighted by Crippen LogP contribution is -2.18. The summed E-state index contributed by atoms with van der Waals surface area (Å²) in [6.07, 6.45) is 0.764. The normalized spacial score (nSPS) is 14.2. The summed E-state index contributed by atoms with van der Waals surface area (Å²) >= 11 is 0. The fraction of sp³-hybridized carbons (Fsp3) is 0.455. The summed E-state index contributed by atoms with van der Waals surface area (Å²) in [5, 5.41) is 0. The summed E-state index contributed by atoms with van der Waals surface area (Å²) in [4.78, 5) is 0. The number of nitrogens with two attached hydrogens (primary N) is 1. The molecule has 2 rings (SSSR count). The third kappa shape index (κ3) is 2.51. The van der Waals surface area contributed by atoms with Gasteiger partial charge in [0.25, 0.3) is 0 Å². The molecule has 2 N–H and O–H groups in total. The first kappa shape index (κ1) is 12.9.